The third-order valence-electron chi connectivity index (χ3n) is 2.69. The summed E-state index contributed by atoms with van der Waals surface area (Å²) >= 11 is 0. The summed E-state index contributed by atoms with van der Waals surface area (Å²) in [7, 11) is 0. The average molecular weight is 235 g/mol. The number of nitrogens with one attached hydrogen (secondary N) is 1. The number of aryl methyl sites for hydroxylation is 1. The Kier molecular flexibility index (Phi) is 2.95. The Morgan fingerprint density at radius 1 is 1.35 bits per heavy atom. The third kappa shape index (κ3) is 2.06. The lowest BCUT2D eigenvalue weighted by atomic mass is 10.2. The summed E-state index contributed by atoms with van der Waals surface area (Å²) in [6.07, 6.45) is 1.88. The predicted octanol–water partition coefficient (Wildman–Crippen LogP) is 0.315. The number of amides is 3. The van der Waals surface area contributed by atoms with E-state index in [-0.39, 0.29) is 24.4 Å². The Bertz CT molecular complexity index is 521. The van der Waals surface area contributed by atoms with E-state index in [0.717, 1.165) is 0 Å². The van der Waals surface area contributed by atoms with Crippen LogP contribution in [0.2, 0.25) is 0 Å². The van der Waals surface area contributed by atoms with Crippen molar-refractivity contribution in [2.45, 2.75) is 19.9 Å². The molecule has 1 aliphatic rings. The molecule has 0 bridgehead atoms. The van der Waals surface area contributed by atoms with E-state index in [9.17, 15) is 14.4 Å². The number of carbonyl (C=O) groups is 2. The Hall–Kier alpha value is -2.11. The molecule has 6 nitrogen and oxygen atoms in total. The molecule has 0 saturated carbocycles. The number of urea groups is 1. The van der Waals surface area contributed by atoms with Gasteiger partial charge in [0.15, 0.2) is 0 Å². The minimum Gasteiger partial charge on any atom is -0.314 e. The van der Waals surface area contributed by atoms with Crippen LogP contribution in [0.1, 0.15) is 13.3 Å². The number of pyridine rings is 1. The minimum absolute atomic E-state index is 0.214. The van der Waals surface area contributed by atoms with Gasteiger partial charge in [-0.25, -0.2) is 4.79 Å². The molecular weight excluding hydrogens is 222 g/mol. The molecule has 0 aromatic carbocycles. The van der Waals surface area contributed by atoms with Gasteiger partial charge in [0, 0.05) is 25.7 Å². The van der Waals surface area contributed by atoms with Crippen molar-refractivity contribution in [2.75, 3.05) is 11.4 Å². The van der Waals surface area contributed by atoms with Gasteiger partial charge in [-0.2, -0.15) is 0 Å². The highest BCUT2D eigenvalue weighted by Gasteiger charge is 2.26. The van der Waals surface area contributed by atoms with Crippen LogP contribution in [-0.2, 0) is 11.3 Å². The molecule has 1 aliphatic heterocycles. The van der Waals surface area contributed by atoms with Crippen molar-refractivity contribution < 1.29 is 9.59 Å². The van der Waals surface area contributed by atoms with Gasteiger partial charge in [0.25, 0.3) is 5.56 Å². The molecule has 2 rings (SSSR count). The zero-order valence-corrected chi connectivity index (χ0v) is 9.47. The first-order valence-electron chi connectivity index (χ1n) is 5.44. The first-order valence-corrected chi connectivity index (χ1v) is 5.44. The van der Waals surface area contributed by atoms with Gasteiger partial charge >= 0.3 is 6.03 Å². The van der Waals surface area contributed by atoms with Crippen LogP contribution < -0.4 is 15.8 Å². The van der Waals surface area contributed by atoms with Gasteiger partial charge in [-0.05, 0) is 19.1 Å². The molecule has 1 fully saturated rings. The standard InChI is InChI=1S/C11H13N3O3/c1-2-13-6-3-4-8(10(13)16)14-7-5-9(15)12-11(14)17/h3-4,6H,2,5,7H2,1H3,(H,12,15,17). The molecule has 0 aliphatic carbocycles. The largest absolute Gasteiger partial charge is 0.328 e. The van der Waals surface area contributed by atoms with Crippen LogP contribution in [-0.4, -0.2) is 23.1 Å². The molecule has 1 saturated heterocycles. The maximum Gasteiger partial charge on any atom is 0.328 e. The van der Waals surface area contributed by atoms with Crippen LogP contribution in [0.5, 0.6) is 0 Å². The molecule has 0 unspecified atom stereocenters. The van der Waals surface area contributed by atoms with Gasteiger partial charge in [0.1, 0.15) is 5.69 Å². The molecule has 90 valence electrons. The van der Waals surface area contributed by atoms with Crippen LogP contribution in [0, 0.1) is 0 Å². The molecule has 2 heterocycles. The minimum atomic E-state index is -0.535. The normalized spacial score (nSPS) is 15.9. The van der Waals surface area contributed by atoms with Gasteiger partial charge in [0.05, 0.1) is 0 Å². The van der Waals surface area contributed by atoms with E-state index in [2.05, 4.69) is 5.32 Å². The quantitative estimate of drug-likeness (QED) is 0.802. The zero-order chi connectivity index (χ0) is 12.4. The van der Waals surface area contributed by atoms with Gasteiger partial charge in [-0.15, -0.1) is 0 Å². The van der Waals surface area contributed by atoms with Crippen molar-refractivity contribution >= 4 is 17.6 Å². The maximum atomic E-state index is 12.0. The Labute approximate surface area is 97.8 Å². The predicted molar refractivity (Wildman–Crippen MR) is 61.9 cm³/mol. The summed E-state index contributed by atoms with van der Waals surface area (Å²) in [4.78, 5) is 35.9. The zero-order valence-electron chi connectivity index (χ0n) is 9.47. The van der Waals surface area contributed by atoms with E-state index >= 15 is 0 Å². The van der Waals surface area contributed by atoms with E-state index in [4.69, 9.17) is 0 Å². The number of aromatic nitrogens is 1. The average Bonchev–Trinajstić information content (AvgIpc) is 2.30. The lowest BCUT2D eigenvalue weighted by molar-refractivity contribution is -0.120. The number of hydrogen-bond acceptors (Lipinski definition) is 3. The number of carbonyl (C=O) groups excluding carboxylic acids is 2. The summed E-state index contributed by atoms with van der Waals surface area (Å²) in [5.41, 5.74) is 0.0823. The molecule has 0 radical (unpaired) electrons. The van der Waals surface area contributed by atoms with E-state index < -0.39 is 6.03 Å². The summed E-state index contributed by atoms with van der Waals surface area (Å²) in [5.74, 6) is -0.307. The van der Waals surface area contributed by atoms with Crippen molar-refractivity contribution in [3.8, 4) is 0 Å². The molecule has 1 N–H and O–H groups in total. The Morgan fingerprint density at radius 3 is 2.76 bits per heavy atom. The first kappa shape index (κ1) is 11.4. The van der Waals surface area contributed by atoms with Crippen LogP contribution in [0.15, 0.2) is 23.1 Å². The molecule has 0 atom stereocenters. The van der Waals surface area contributed by atoms with Crippen LogP contribution in [0.3, 0.4) is 0 Å². The van der Waals surface area contributed by atoms with Crippen molar-refractivity contribution in [3.05, 3.63) is 28.7 Å². The maximum absolute atomic E-state index is 12.0. The molecule has 1 aromatic heterocycles. The summed E-state index contributed by atoms with van der Waals surface area (Å²) in [6, 6.07) is 2.76. The van der Waals surface area contributed by atoms with E-state index in [1.54, 1.807) is 18.3 Å². The third-order valence-corrected chi connectivity index (χ3v) is 2.69. The second kappa shape index (κ2) is 4.40. The number of imide groups is 1. The van der Waals surface area contributed by atoms with Crippen molar-refractivity contribution in [3.63, 3.8) is 0 Å². The number of anilines is 1. The Morgan fingerprint density at radius 2 is 2.12 bits per heavy atom. The molecule has 17 heavy (non-hydrogen) atoms. The lowest BCUT2D eigenvalue weighted by Crippen LogP contribution is -2.51. The first-order chi connectivity index (χ1) is 8.13. The van der Waals surface area contributed by atoms with Crippen molar-refractivity contribution in [2.24, 2.45) is 0 Å². The van der Waals surface area contributed by atoms with Gasteiger partial charge < -0.3 is 4.57 Å². The summed E-state index contributed by atoms with van der Waals surface area (Å²) in [5, 5.41) is 2.19. The fourth-order valence-electron chi connectivity index (χ4n) is 1.77. The molecule has 3 amide bonds. The van der Waals surface area contributed by atoms with Crippen molar-refractivity contribution in [1.82, 2.24) is 9.88 Å². The highest BCUT2D eigenvalue weighted by Crippen LogP contribution is 2.11. The smallest absolute Gasteiger partial charge is 0.314 e. The topological polar surface area (TPSA) is 71.4 Å². The number of nitrogens with zero attached hydrogens (tertiary/aromatic N) is 2. The van der Waals surface area contributed by atoms with Gasteiger partial charge in [-0.1, -0.05) is 0 Å². The SMILES string of the molecule is CCn1cccc(N2CCC(=O)NC2=O)c1=O. The molecular formula is C11H13N3O3. The monoisotopic (exact) mass is 235 g/mol. The Balaban J connectivity index is 2.38. The number of hydrogen-bond donors (Lipinski definition) is 1. The van der Waals surface area contributed by atoms with Crippen LogP contribution in [0.25, 0.3) is 0 Å². The molecule has 6 heteroatoms. The highest BCUT2D eigenvalue weighted by molar-refractivity contribution is 6.05. The van der Waals surface area contributed by atoms with E-state index in [0.29, 0.717) is 12.2 Å². The number of rotatable bonds is 2. The highest BCUT2D eigenvalue weighted by atomic mass is 16.2. The lowest BCUT2D eigenvalue weighted by Gasteiger charge is -2.26. The van der Waals surface area contributed by atoms with Crippen LogP contribution >= 0.6 is 0 Å². The fraction of sp³-hybridized carbons (Fsp3) is 0.364. The van der Waals surface area contributed by atoms with Gasteiger partial charge in [-0.3, -0.25) is 19.8 Å². The van der Waals surface area contributed by atoms with E-state index in [1.807, 2.05) is 6.92 Å². The fourth-order valence-corrected chi connectivity index (χ4v) is 1.77. The van der Waals surface area contributed by atoms with Crippen LogP contribution in [0.4, 0.5) is 10.5 Å². The summed E-state index contributed by atoms with van der Waals surface area (Å²) in [6.45, 7) is 2.64. The second-order valence-corrected chi connectivity index (χ2v) is 3.74. The second-order valence-electron chi connectivity index (χ2n) is 3.74. The van der Waals surface area contributed by atoms with Gasteiger partial charge in [0.2, 0.25) is 5.91 Å². The molecule has 1 aromatic rings. The van der Waals surface area contributed by atoms with Crippen molar-refractivity contribution in [1.29, 1.82) is 0 Å². The molecule has 0 spiro atoms. The van der Waals surface area contributed by atoms with E-state index in [1.165, 1.54) is 9.47 Å². The summed E-state index contributed by atoms with van der Waals surface area (Å²) < 4.78 is 1.51.